The predicted octanol–water partition coefficient (Wildman–Crippen LogP) is 3.42. The fourth-order valence-corrected chi connectivity index (χ4v) is 2.79. The third-order valence-corrected chi connectivity index (χ3v) is 3.81. The second kappa shape index (κ2) is 9.11. The molecule has 0 bridgehead atoms. The first-order valence-electron chi connectivity index (χ1n) is 8.69. The van der Waals surface area contributed by atoms with Crippen LogP contribution in [0.4, 0.5) is 0 Å². The molecular formula is C19H29N3O2. The Bertz CT molecular complexity index is 704. The van der Waals surface area contributed by atoms with Crippen molar-refractivity contribution in [3.63, 3.8) is 0 Å². The molecule has 5 nitrogen and oxygen atoms in total. The number of carbonyl (C=O) groups excluding carboxylic acids is 2. The van der Waals surface area contributed by atoms with Gasteiger partial charge in [-0.2, -0.15) is 0 Å². The summed E-state index contributed by atoms with van der Waals surface area (Å²) in [6.45, 7) is 10.6. The summed E-state index contributed by atoms with van der Waals surface area (Å²) in [7, 11) is 1.82. The highest BCUT2D eigenvalue weighted by Gasteiger charge is 2.28. The van der Waals surface area contributed by atoms with Crippen LogP contribution in [0.2, 0.25) is 0 Å². The molecule has 2 aromatic rings. The van der Waals surface area contributed by atoms with Crippen molar-refractivity contribution in [1.29, 1.82) is 0 Å². The normalized spacial score (nSPS) is 12.6. The van der Waals surface area contributed by atoms with Gasteiger partial charge in [-0.3, -0.25) is 9.59 Å². The van der Waals surface area contributed by atoms with Gasteiger partial charge in [0, 0.05) is 38.0 Å². The van der Waals surface area contributed by atoms with Gasteiger partial charge in [-0.1, -0.05) is 45.9 Å². The summed E-state index contributed by atoms with van der Waals surface area (Å²) in [4.78, 5) is 25.3. The Hall–Kier alpha value is -2.30. The number of fused-ring (bicyclic) bond motifs is 3. The molecule has 1 aliphatic heterocycles. The lowest BCUT2D eigenvalue weighted by molar-refractivity contribution is -0.119. The maximum absolute atomic E-state index is 12.4. The molecule has 0 unspecified atom stereocenters. The van der Waals surface area contributed by atoms with Gasteiger partial charge >= 0.3 is 0 Å². The fourth-order valence-electron chi connectivity index (χ4n) is 2.79. The maximum Gasteiger partial charge on any atom is 0.256 e. The number of carbonyl (C=O) groups is 2. The van der Waals surface area contributed by atoms with E-state index in [1.54, 1.807) is 4.90 Å². The number of rotatable bonds is 2. The van der Waals surface area contributed by atoms with Crippen molar-refractivity contribution >= 4 is 22.7 Å². The predicted molar refractivity (Wildman–Crippen MR) is 99.1 cm³/mol. The largest absolute Gasteiger partial charge is 0.341 e. The highest BCUT2D eigenvalue weighted by atomic mass is 16.2. The lowest BCUT2D eigenvalue weighted by Crippen LogP contribution is -2.35. The SMILES string of the molecule is CC.CC.CC(=O)NCn1c2c(c3ccccc31)C(=O)N(C)CC2. The Morgan fingerprint density at radius 1 is 1.17 bits per heavy atom. The number of nitrogens with one attached hydrogen (secondary N) is 1. The molecule has 3 rings (SSSR count). The minimum absolute atomic E-state index is 0.0593. The van der Waals surface area contributed by atoms with Crippen LogP contribution in [-0.2, 0) is 17.9 Å². The Morgan fingerprint density at radius 2 is 1.79 bits per heavy atom. The average Bonchev–Trinajstić information content (AvgIpc) is 2.94. The van der Waals surface area contributed by atoms with Crippen molar-refractivity contribution in [3.8, 4) is 0 Å². The van der Waals surface area contributed by atoms with Gasteiger partial charge in [0.05, 0.1) is 17.7 Å². The quantitative estimate of drug-likeness (QED) is 0.917. The number of aromatic nitrogens is 1. The molecule has 0 fully saturated rings. The molecule has 0 saturated heterocycles. The molecule has 0 atom stereocenters. The van der Waals surface area contributed by atoms with E-state index in [4.69, 9.17) is 0 Å². The fraction of sp³-hybridized carbons (Fsp3) is 0.474. The highest BCUT2D eigenvalue weighted by molar-refractivity contribution is 6.09. The van der Waals surface area contributed by atoms with Gasteiger partial charge < -0.3 is 14.8 Å². The molecule has 1 aliphatic rings. The van der Waals surface area contributed by atoms with E-state index in [1.807, 2.05) is 63.6 Å². The van der Waals surface area contributed by atoms with E-state index in [0.29, 0.717) is 13.2 Å². The number of benzene rings is 1. The van der Waals surface area contributed by atoms with Gasteiger partial charge in [-0.15, -0.1) is 0 Å². The molecule has 0 radical (unpaired) electrons. The molecule has 2 amide bonds. The lowest BCUT2D eigenvalue weighted by Gasteiger charge is -2.24. The molecule has 1 N–H and O–H groups in total. The molecule has 1 aromatic heterocycles. The van der Waals surface area contributed by atoms with Crippen LogP contribution in [-0.4, -0.2) is 34.9 Å². The minimum atomic E-state index is -0.0733. The highest BCUT2D eigenvalue weighted by Crippen LogP contribution is 2.30. The Labute approximate surface area is 144 Å². The smallest absolute Gasteiger partial charge is 0.256 e. The number of amides is 2. The zero-order valence-corrected chi connectivity index (χ0v) is 15.6. The Morgan fingerprint density at radius 3 is 2.42 bits per heavy atom. The molecule has 2 heterocycles. The molecule has 5 heteroatoms. The number of likely N-dealkylation sites (N-methyl/N-ethyl adjacent to an activating group) is 1. The van der Waals surface area contributed by atoms with Crippen molar-refractivity contribution in [3.05, 3.63) is 35.5 Å². The molecule has 1 aromatic carbocycles. The molecule has 0 aliphatic carbocycles. The third-order valence-electron chi connectivity index (χ3n) is 3.81. The van der Waals surface area contributed by atoms with Crippen LogP contribution in [0.5, 0.6) is 0 Å². The topological polar surface area (TPSA) is 54.3 Å². The van der Waals surface area contributed by atoms with Gasteiger partial charge in [0.25, 0.3) is 5.91 Å². The standard InChI is InChI=1S/C15H17N3O2.2C2H6/c1-10(19)16-9-18-12-6-4-3-5-11(12)14-13(18)7-8-17(2)15(14)20;2*1-2/h3-6H,7-9H2,1-2H3,(H,16,19);2*1-2H3. The molecule has 0 spiro atoms. The summed E-state index contributed by atoms with van der Waals surface area (Å²) < 4.78 is 2.04. The zero-order valence-electron chi connectivity index (χ0n) is 15.6. The van der Waals surface area contributed by atoms with Gasteiger partial charge in [0.1, 0.15) is 0 Å². The van der Waals surface area contributed by atoms with Crippen LogP contribution in [0.25, 0.3) is 10.9 Å². The summed E-state index contributed by atoms with van der Waals surface area (Å²) in [5, 5.41) is 3.78. The number of nitrogens with zero attached hydrogens (tertiary/aromatic N) is 2. The first-order valence-corrected chi connectivity index (χ1v) is 8.69. The van der Waals surface area contributed by atoms with Crippen LogP contribution in [0.1, 0.15) is 50.7 Å². The molecular weight excluding hydrogens is 302 g/mol. The second-order valence-corrected chi connectivity index (χ2v) is 5.13. The van der Waals surface area contributed by atoms with Crippen LogP contribution in [0, 0.1) is 0 Å². The van der Waals surface area contributed by atoms with E-state index in [0.717, 1.165) is 28.6 Å². The summed E-state index contributed by atoms with van der Waals surface area (Å²) in [5.41, 5.74) is 2.79. The summed E-state index contributed by atoms with van der Waals surface area (Å²) in [5.74, 6) is -0.0141. The lowest BCUT2D eigenvalue weighted by atomic mass is 10.0. The van der Waals surface area contributed by atoms with E-state index in [1.165, 1.54) is 6.92 Å². The van der Waals surface area contributed by atoms with Crippen molar-refractivity contribution < 1.29 is 9.59 Å². The number of hydrogen-bond acceptors (Lipinski definition) is 2. The van der Waals surface area contributed by atoms with Gasteiger partial charge in [-0.25, -0.2) is 0 Å². The monoisotopic (exact) mass is 331 g/mol. The average molecular weight is 331 g/mol. The number of hydrogen-bond donors (Lipinski definition) is 1. The Balaban J connectivity index is 0.000000671. The Kier molecular flexibility index (Phi) is 7.49. The minimum Gasteiger partial charge on any atom is -0.341 e. The second-order valence-electron chi connectivity index (χ2n) is 5.13. The van der Waals surface area contributed by atoms with E-state index in [9.17, 15) is 9.59 Å². The molecule has 132 valence electrons. The van der Waals surface area contributed by atoms with Crippen LogP contribution in [0.15, 0.2) is 24.3 Å². The van der Waals surface area contributed by atoms with Crippen molar-refractivity contribution in [2.45, 2.75) is 47.7 Å². The van der Waals surface area contributed by atoms with Gasteiger partial charge in [0.15, 0.2) is 0 Å². The van der Waals surface area contributed by atoms with Crippen LogP contribution in [0.3, 0.4) is 0 Å². The first kappa shape index (κ1) is 19.7. The van der Waals surface area contributed by atoms with E-state index < -0.39 is 0 Å². The number of para-hydroxylation sites is 1. The summed E-state index contributed by atoms with van der Waals surface area (Å²) >= 11 is 0. The molecule has 24 heavy (non-hydrogen) atoms. The van der Waals surface area contributed by atoms with Crippen LogP contribution >= 0.6 is 0 Å². The summed E-state index contributed by atoms with van der Waals surface area (Å²) in [6, 6.07) is 7.84. The van der Waals surface area contributed by atoms with E-state index in [-0.39, 0.29) is 11.8 Å². The van der Waals surface area contributed by atoms with E-state index in [2.05, 4.69) is 5.32 Å². The first-order chi connectivity index (χ1) is 11.6. The zero-order chi connectivity index (χ0) is 18.3. The van der Waals surface area contributed by atoms with Crippen molar-refractivity contribution in [2.24, 2.45) is 0 Å². The van der Waals surface area contributed by atoms with E-state index >= 15 is 0 Å². The third kappa shape index (κ3) is 3.78. The van der Waals surface area contributed by atoms with Gasteiger partial charge in [-0.05, 0) is 6.07 Å². The summed E-state index contributed by atoms with van der Waals surface area (Å²) in [6.07, 6.45) is 0.811. The maximum atomic E-state index is 12.4. The van der Waals surface area contributed by atoms with Gasteiger partial charge in [0.2, 0.25) is 5.91 Å². The van der Waals surface area contributed by atoms with Crippen molar-refractivity contribution in [1.82, 2.24) is 14.8 Å². The molecule has 0 saturated carbocycles. The van der Waals surface area contributed by atoms with Crippen molar-refractivity contribution in [2.75, 3.05) is 13.6 Å². The van der Waals surface area contributed by atoms with Crippen LogP contribution < -0.4 is 5.32 Å².